The fourth-order valence-corrected chi connectivity index (χ4v) is 3.37. The molecule has 2 heterocycles. The molecule has 0 fully saturated rings. The van der Waals surface area contributed by atoms with Crippen LogP contribution >= 0.6 is 0 Å². The molecule has 1 amide bonds. The van der Waals surface area contributed by atoms with E-state index in [9.17, 15) is 9.18 Å². The fraction of sp³-hybridized carbons (Fsp3) is 0.0435. The number of carbonyl (C=O) groups is 1. The molecule has 3 N–H and O–H groups in total. The van der Waals surface area contributed by atoms with Crippen molar-refractivity contribution in [2.45, 2.75) is 6.17 Å². The lowest BCUT2D eigenvalue weighted by Crippen LogP contribution is -2.33. The summed E-state index contributed by atoms with van der Waals surface area (Å²) in [4.78, 5) is 22.0. The molecular formula is C23H17FN6O. The van der Waals surface area contributed by atoms with Gasteiger partial charge in [-0.25, -0.2) is 9.38 Å². The Morgan fingerprint density at radius 1 is 0.871 bits per heavy atom. The molecule has 0 aliphatic carbocycles. The Kier molecular flexibility index (Phi) is 4.72. The first-order chi connectivity index (χ1) is 15.2. The third kappa shape index (κ3) is 3.78. The third-order valence-corrected chi connectivity index (χ3v) is 4.86. The Balaban J connectivity index is 1.49. The van der Waals surface area contributed by atoms with Crippen LogP contribution in [-0.2, 0) is 4.79 Å². The van der Waals surface area contributed by atoms with Gasteiger partial charge in [-0.2, -0.15) is 4.98 Å². The van der Waals surface area contributed by atoms with E-state index in [0.29, 0.717) is 22.8 Å². The quantitative estimate of drug-likeness (QED) is 0.475. The van der Waals surface area contributed by atoms with E-state index < -0.39 is 6.17 Å². The molecule has 1 aliphatic rings. The van der Waals surface area contributed by atoms with Crippen LogP contribution in [0.25, 0.3) is 11.4 Å². The highest BCUT2D eigenvalue weighted by Crippen LogP contribution is 2.24. The van der Waals surface area contributed by atoms with Gasteiger partial charge in [-0.3, -0.25) is 9.89 Å². The molecule has 4 aromatic rings. The summed E-state index contributed by atoms with van der Waals surface area (Å²) in [5, 5.41) is 12.8. The van der Waals surface area contributed by atoms with Crippen molar-refractivity contribution >= 4 is 23.3 Å². The van der Waals surface area contributed by atoms with Gasteiger partial charge >= 0.3 is 0 Å². The zero-order valence-corrected chi connectivity index (χ0v) is 16.2. The Morgan fingerprint density at radius 3 is 2.42 bits per heavy atom. The van der Waals surface area contributed by atoms with E-state index in [-0.39, 0.29) is 17.7 Å². The predicted octanol–water partition coefficient (Wildman–Crippen LogP) is 3.84. The van der Waals surface area contributed by atoms with Crippen molar-refractivity contribution in [3.8, 4) is 11.4 Å². The Bertz CT molecular complexity index is 1270. The van der Waals surface area contributed by atoms with Gasteiger partial charge in [0, 0.05) is 16.7 Å². The Labute approximate surface area is 177 Å². The first kappa shape index (κ1) is 18.7. The van der Waals surface area contributed by atoms with Crippen LogP contribution in [0.1, 0.15) is 11.1 Å². The SMILES string of the molecule is O=C1Nc2ccccc2C(c2ccccc2)=NC1Nc1n[nH]c(-c2ccc(F)cc2)n1. The van der Waals surface area contributed by atoms with Crippen LogP contribution in [0.4, 0.5) is 16.0 Å². The lowest BCUT2D eigenvalue weighted by Gasteiger charge is -2.11. The Morgan fingerprint density at radius 2 is 1.61 bits per heavy atom. The molecule has 1 atom stereocenters. The van der Waals surface area contributed by atoms with Gasteiger partial charge in [-0.15, -0.1) is 5.10 Å². The second kappa shape index (κ2) is 7.83. The highest BCUT2D eigenvalue weighted by molar-refractivity contribution is 6.19. The van der Waals surface area contributed by atoms with Crippen molar-refractivity contribution in [1.82, 2.24) is 15.2 Å². The van der Waals surface area contributed by atoms with E-state index in [1.165, 1.54) is 12.1 Å². The molecule has 0 saturated heterocycles. The number of amides is 1. The van der Waals surface area contributed by atoms with Crippen LogP contribution < -0.4 is 10.6 Å². The lowest BCUT2D eigenvalue weighted by atomic mass is 10.0. The number of benzene rings is 3. The largest absolute Gasteiger partial charge is 0.323 e. The molecule has 0 radical (unpaired) electrons. The number of aromatic nitrogens is 3. The minimum absolute atomic E-state index is 0.210. The summed E-state index contributed by atoms with van der Waals surface area (Å²) >= 11 is 0. The van der Waals surface area contributed by atoms with E-state index in [1.807, 2.05) is 54.6 Å². The van der Waals surface area contributed by atoms with Gasteiger partial charge in [0.05, 0.1) is 11.4 Å². The smallest absolute Gasteiger partial charge is 0.269 e. The average molecular weight is 412 g/mol. The van der Waals surface area contributed by atoms with Crippen molar-refractivity contribution in [3.63, 3.8) is 0 Å². The van der Waals surface area contributed by atoms with E-state index in [1.54, 1.807) is 12.1 Å². The molecule has 0 spiro atoms. The summed E-state index contributed by atoms with van der Waals surface area (Å²) in [6.45, 7) is 0. The van der Waals surface area contributed by atoms with Gasteiger partial charge in [-0.1, -0.05) is 48.5 Å². The predicted molar refractivity (Wildman–Crippen MR) is 116 cm³/mol. The molecule has 31 heavy (non-hydrogen) atoms. The fourth-order valence-electron chi connectivity index (χ4n) is 3.37. The topological polar surface area (TPSA) is 95.1 Å². The van der Waals surface area contributed by atoms with Crippen LogP contribution in [-0.4, -0.2) is 33.0 Å². The zero-order chi connectivity index (χ0) is 21.2. The van der Waals surface area contributed by atoms with Gasteiger partial charge in [-0.05, 0) is 30.3 Å². The number of rotatable bonds is 4. The monoisotopic (exact) mass is 412 g/mol. The van der Waals surface area contributed by atoms with E-state index in [2.05, 4.69) is 25.8 Å². The number of hydrogen-bond donors (Lipinski definition) is 3. The molecule has 5 rings (SSSR count). The third-order valence-electron chi connectivity index (χ3n) is 4.86. The van der Waals surface area contributed by atoms with E-state index in [4.69, 9.17) is 4.99 Å². The second-order valence-corrected chi connectivity index (χ2v) is 6.94. The average Bonchev–Trinajstić information content (AvgIpc) is 3.21. The minimum atomic E-state index is -0.945. The molecule has 3 aromatic carbocycles. The number of hydrogen-bond acceptors (Lipinski definition) is 5. The van der Waals surface area contributed by atoms with Crippen LogP contribution in [0.3, 0.4) is 0 Å². The van der Waals surface area contributed by atoms with Crippen LogP contribution in [0.5, 0.6) is 0 Å². The molecule has 152 valence electrons. The van der Waals surface area contributed by atoms with Crippen molar-refractivity contribution < 1.29 is 9.18 Å². The van der Waals surface area contributed by atoms with Crippen molar-refractivity contribution in [3.05, 3.63) is 95.8 Å². The molecule has 0 bridgehead atoms. The Hall–Kier alpha value is -4.33. The number of aliphatic imine (C=N–C) groups is 1. The maximum absolute atomic E-state index is 13.2. The molecule has 7 nitrogen and oxygen atoms in total. The number of H-pyrrole nitrogens is 1. The van der Waals surface area contributed by atoms with Gasteiger partial charge in [0.15, 0.2) is 5.82 Å². The maximum Gasteiger partial charge on any atom is 0.269 e. The lowest BCUT2D eigenvalue weighted by molar-refractivity contribution is -0.116. The number of carbonyl (C=O) groups excluding carboxylic acids is 1. The number of anilines is 2. The maximum atomic E-state index is 13.2. The number of nitrogens with one attached hydrogen (secondary N) is 3. The zero-order valence-electron chi connectivity index (χ0n) is 16.2. The molecule has 1 aliphatic heterocycles. The number of benzodiazepines with no additional fused rings is 1. The number of para-hydroxylation sites is 1. The van der Waals surface area contributed by atoms with Gasteiger partial charge < -0.3 is 10.6 Å². The van der Waals surface area contributed by atoms with Gasteiger partial charge in [0.25, 0.3) is 5.91 Å². The van der Waals surface area contributed by atoms with Crippen molar-refractivity contribution in [2.24, 2.45) is 4.99 Å². The number of aromatic amines is 1. The van der Waals surface area contributed by atoms with E-state index >= 15 is 0 Å². The molecule has 0 saturated carbocycles. The summed E-state index contributed by atoms with van der Waals surface area (Å²) in [5.74, 6) is -0.000676. The summed E-state index contributed by atoms with van der Waals surface area (Å²) in [6, 6.07) is 23.1. The first-order valence-electron chi connectivity index (χ1n) is 9.66. The minimum Gasteiger partial charge on any atom is -0.323 e. The summed E-state index contributed by atoms with van der Waals surface area (Å²) in [5.41, 5.74) is 3.75. The normalized spacial score (nSPS) is 15.5. The second-order valence-electron chi connectivity index (χ2n) is 6.94. The highest BCUT2D eigenvalue weighted by atomic mass is 19.1. The molecule has 8 heteroatoms. The summed E-state index contributed by atoms with van der Waals surface area (Å²) in [6.07, 6.45) is -0.945. The number of fused-ring (bicyclic) bond motifs is 1. The molecule has 1 unspecified atom stereocenters. The highest BCUT2D eigenvalue weighted by Gasteiger charge is 2.26. The van der Waals surface area contributed by atoms with Crippen molar-refractivity contribution in [1.29, 1.82) is 0 Å². The first-order valence-corrected chi connectivity index (χ1v) is 9.66. The summed E-state index contributed by atoms with van der Waals surface area (Å²) < 4.78 is 13.2. The molecular weight excluding hydrogens is 395 g/mol. The van der Waals surface area contributed by atoms with Crippen LogP contribution in [0.2, 0.25) is 0 Å². The molecule has 1 aromatic heterocycles. The van der Waals surface area contributed by atoms with Gasteiger partial charge in [0.2, 0.25) is 12.1 Å². The van der Waals surface area contributed by atoms with Crippen LogP contribution in [0, 0.1) is 5.82 Å². The van der Waals surface area contributed by atoms with Crippen LogP contribution in [0.15, 0.2) is 83.9 Å². The summed E-state index contributed by atoms with van der Waals surface area (Å²) in [7, 11) is 0. The standard InChI is InChI=1S/C23H17FN6O/c24-16-12-10-15(11-13-16)20-27-23(30-29-20)28-21-22(31)25-18-9-5-4-8-17(18)19(26-21)14-6-2-1-3-7-14/h1-13,21H,(H,25,31)(H2,27,28,29,30). The van der Waals surface area contributed by atoms with Gasteiger partial charge in [0.1, 0.15) is 5.82 Å². The van der Waals surface area contributed by atoms with Crippen molar-refractivity contribution in [2.75, 3.05) is 10.6 Å². The number of halogens is 1. The van der Waals surface area contributed by atoms with E-state index in [0.717, 1.165) is 11.1 Å². The number of nitrogens with zero attached hydrogens (tertiary/aromatic N) is 3.